The van der Waals surface area contributed by atoms with Crippen LogP contribution in [0.3, 0.4) is 0 Å². The summed E-state index contributed by atoms with van der Waals surface area (Å²) in [5.41, 5.74) is -1.01. The summed E-state index contributed by atoms with van der Waals surface area (Å²) in [6.45, 7) is 6.45. The van der Waals surface area contributed by atoms with Crippen molar-refractivity contribution in [2.75, 3.05) is 6.16 Å². The van der Waals surface area contributed by atoms with Gasteiger partial charge in [-0.2, -0.15) is 0 Å². The molecule has 0 saturated carbocycles. The molecule has 0 aromatic rings. The second kappa shape index (κ2) is 3.91. The van der Waals surface area contributed by atoms with Gasteiger partial charge >= 0.3 is 7.60 Å². The number of allylic oxidation sites excluding steroid dienone is 1. The number of rotatable bonds is 4. The van der Waals surface area contributed by atoms with Crippen LogP contribution in [0.1, 0.15) is 13.8 Å². The average molecular weight is 188 g/mol. The summed E-state index contributed by atoms with van der Waals surface area (Å²) in [4.78, 5) is 9.15. The summed E-state index contributed by atoms with van der Waals surface area (Å²) in [6.07, 6.45) is 6.32. The third-order valence-electron chi connectivity index (χ3n) is 1.08. The molecular weight excluding hydrogens is 175 g/mol. The normalized spacial score (nSPS) is 16.2. The molecule has 0 amide bonds. The van der Waals surface area contributed by atoms with Crippen LogP contribution in [0.15, 0.2) is 12.7 Å². The number of hydrogen-bond acceptors (Lipinski definition) is 2. The minimum atomic E-state index is -3.59. The first-order valence-electron chi connectivity index (χ1n) is 3.44. The first-order valence-corrected chi connectivity index (χ1v) is 5.20. The van der Waals surface area contributed by atoms with Crippen LogP contribution < -0.4 is 0 Å². The van der Waals surface area contributed by atoms with E-state index in [0.717, 1.165) is 0 Å². The molecule has 0 saturated heterocycles. The topological polar surface area (TPSA) is 46.5 Å². The quantitative estimate of drug-likeness (QED) is 0.415. The molecule has 0 bridgehead atoms. The average Bonchev–Trinajstić information content (AvgIpc) is 1.85. The van der Waals surface area contributed by atoms with E-state index in [1.165, 1.54) is 6.08 Å². The molecular formula is C8H13O3P. The highest BCUT2D eigenvalue weighted by atomic mass is 31.2. The summed E-state index contributed by atoms with van der Waals surface area (Å²) in [5, 5.41) is 0. The van der Waals surface area contributed by atoms with Crippen LogP contribution in [0.2, 0.25) is 0 Å². The molecule has 0 fully saturated rings. The lowest BCUT2D eigenvalue weighted by atomic mass is 10.2. The van der Waals surface area contributed by atoms with Gasteiger partial charge in [-0.05, 0) is 13.8 Å². The fraction of sp³-hybridized carbons (Fsp3) is 0.500. The largest absolute Gasteiger partial charge is 0.333 e. The second-order valence-electron chi connectivity index (χ2n) is 2.85. The predicted octanol–water partition coefficient (Wildman–Crippen LogP) is 1.79. The highest BCUT2D eigenvalue weighted by Crippen LogP contribution is 2.45. The van der Waals surface area contributed by atoms with Crippen molar-refractivity contribution < 1.29 is 14.0 Å². The smallest absolute Gasteiger partial charge is 0.324 e. The Morgan fingerprint density at radius 2 is 2.33 bits per heavy atom. The zero-order chi connectivity index (χ0) is 9.83. The van der Waals surface area contributed by atoms with Crippen LogP contribution in [0.4, 0.5) is 0 Å². The van der Waals surface area contributed by atoms with Crippen LogP contribution in [0, 0.1) is 12.3 Å². The van der Waals surface area contributed by atoms with Gasteiger partial charge in [0.2, 0.25) is 0 Å². The maximum absolute atomic E-state index is 11.2. The fourth-order valence-corrected chi connectivity index (χ4v) is 1.75. The van der Waals surface area contributed by atoms with E-state index >= 15 is 0 Å². The van der Waals surface area contributed by atoms with Crippen molar-refractivity contribution in [3.63, 3.8) is 0 Å². The number of hydrogen-bond donors (Lipinski definition) is 1. The fourth-order valence-electron chi connectivity index (χ4n) is 0.583. The van der Waals surface area contributed by atoms with Crippen LogP contribution >= 0.6 is 7.60 Å². The van der Waals surface area contributed by atoms with Gasteiger partial charge < -0.3 is 4.89 Å². The van der Waals surface area contributed by atoms with Crippen molar-refractivity contribution in [3.8, 4) is 12.3 Å². The first kappa shape index (κ1) is 11.4. The maximum Gasteiger partial charge on any atom is 0.333 e. The monoisotopic (exact) mass is 188 g/mol. The van der Waals surface area contributed by atoms with Crippen molar-refractivity contribution in [3.05, 3.63) is 12.7 Å². The third kappa shape index (κ3) is 4.35. The predicted molar refractivity (Wildman–Crippen MR) is 48.9 cm³/mol. The lowest BCUT2D eigenvalue weighted by molar-refractivity contribution is 0.149. The van der Waals surface area contributed by atoms with Crippen molar-refractivity contribution in [1.29, 1.82) is 0 Å². The van der Waals surface area contributed by atoms with Crippen LogP contribution in [0.25, 0.3) is 0 Å². The highest BCUT2D eigenvalue weighted by Gasteiger charge is 2.27. The molecule has 0 radical (unpaired) electrons. The summed E-state index contributed by atoms with van der Waals surface area (Å²) < 4.78 is 16.0. The van der Waals surface area contributed by atoms with Gasteiger partial charge in [0.25, 0.3) is 0 Å². The summed E-state index contributed by atoms with van der Waals surface area (Å²) in [7, 11) is -3.59. The van der Waals surface area contributed by atoms with E-state index in [1.54, 1.807) is 13.8 Å². The van der Waals surface area contributed by atoms with E-state index in [4.69, 9.17) is 15.8 Å². The van der Waals surface area contributed by atoms with Gasteiger partial charge in [0, 0.05) is 0 Å². The van der Waals surface area contributed by atoms with Gasteiger partial charge in [0.1, 0.15) is 5.60 Å². The zero-order valence-electron chi connectivity index (χ0n) is 7.28. The minimum Gasteiger partial charge on any atom is -0.324 e. The number of terminal acetylenes is 1. The van der Waals surface area contributed by atoms with Crippen molar-refractivity contribution in [2.45, 2.75) is 19.4 Å². The summed E-state index contributed by atoms with van der Waals surface area (Å²) in [6, 6.07) is 0. The SMILES string of the molecule is C#CC(C)(C)OP(=O)(O)CC=C. The van der Waals surface area contributed by atoms with E-state index in [-0.39, 0.29) is 6.16 Å². The minimum absolute atomic E-state index is 0.0852. The van der Waals surface area contributed by atoms with Crippen LogP contribution in [-0.2, 0) is 9.09 Å². The van der Waals surface area contributed by atoms with Crippen molar-refractivity contribution in [2.24, 2.45) is 0 Å². The molecule has 0 aromatic heterocycles. The molecule has 1 N–H and O–H groups in total. The lowest BCUT2D eigenvalue weighted by Gasteiger charge is -2.21. The van der Waals surface area contributed by atoms with E-state index in [0.29, 0.717) is 0 Å². The molecule has 3 nitrogen and oxygen atoms in total. The van der Waals surface area contributed by atoms with Crippen molar-refractivity contribution >= 4 is 7.60 Å². The Bertz CT molecular complexity index is 250. The Morgan fingerprint density at radius 1 is 1.83 bits per heavy atom. The Morgan fingerprint density at radius 3 is 2.67 bits per heavy atom. The van der Waals surface area contributed by atoms with E-state index < -0.39 is 13.2 Å². The molecule has 1 unspecified atom stereocenters. The van der Waals surface area contributed by atoms with Crippen LogP contribution in [0.5, 0.6) is 0 Å². The Balaban J connectivity index is 4.36. The third-order valence-corrected chi connectivity index (χ3v) is 2.54. The Labute approximate surface area is 73.0 Å². The highest BCUT2D eigenvalue weighted by molar-refractivity contribution is 7.53. The standard InChI is InChI=1S/C8H13O3P/c1-5-7-12(9,10)11-8(3,4)6-2/h2,5H,1,7H2,3-4H3,(H,9,10). The van der Waals surface area contributed by atoms with Crippen molar-refractivity contribution in [1.82, 2.24) is 0 Å². The summed E-state index contributed by atoms with van der Waals surface area (Å²) in [5.74, 6) is 2.27. The molecule has 0 spiro atoms. The molecule has 0 rings (SSSR count). The van der Waals surface area contributed by atoms with Crippen LogP contribution in [-0.4, -0.2) is 16.7 Å². The molecule has 0 heterocycles. The summed E-state index contributed by atoms with van der Waals surface area (Å²) >= 11 is 0. The van der Waals surface area contributed by atoms with E-state index in [1.807, 2.05) is 0 Å². The van der Waals surface area contributed by atoms with E-state index in [2.05, 4.69) is 12.5 Å². The lowest BCUT2D eigenvalue weighted by Crippen LogP contribution is -2.20. The molecule has 12 heavy (non-hydrogen) atoms. The zero-order valence-corrected chi connectivity index (χ0v) is 8.17. The molecule has 68 valence electrons. The van der Waals surface area contributed by atoms with Gasteiger partial charge in [-0.1, -0.05) is 12.0 Å². The Kier molecular flexibility index (Phi) is 3.73. The molecule has 0 aliphatic rings. The van der Waals surface area contributed by atoms with Gasteiger partial charge in [0.15, 0.2) is 0 Å². The molecule has 4 heteroatoms. The van der Waals surface area contributed by atoms with E-state index in [9.17, 15) is 4.57 Å². The Hall–Kier alpha value is -0.550. The second-order valence-corrected chi connectivity index (χ2v) is 4.68. The first-order chi connectivity index (χ1) is 5.33. The van der Waals surface area contributed by atoms with Gasteiger partial charge in [0.05, 0.1) is 6.16 Å². The maximum atomic E-state index is 11.2. The molecule has 0 aliphatic heterocycles. The van der Waals surface area contributed by atoms with Gasteiger partial charge in [-0.15, -0.1) is 13.0 Å². The molecule has 1 atom stereocenters. The molecule has 0 aromatic carbocycles. The van der Waals surface area contributed by atoms with Gasteiger partial charge in [-0.3, -0.25) is 9.09 Å². The molecule has 0 aliphatic carbocycles. The van der Waals surface area contributed by atoms with Gasteiger partial charge in [-0.25, -0.2) is 0 Å².